The highest BCUT2D eigenvalue weighted by molar-refractivity contribution is 6.45. The summed E-state index contributed by atoms with van der Waals surface area (Å²) in [7, 11) is -0.354. The Bertz CT molecular complexity index is 611. The van der Waals surface area contributed by atoms with E-state index in [1.807, 2.05) is 6.82 Å². The minimum absolute atomic E-state index is 0.354. The van der Waals surface area contributed by atoms with Gasteiger partial charge in [0, 0.05) is 18.2 Å². The Morgan fingerprint density at radius 3 is 2.73 bits per heavy atom. The van der Waals surface area contributed by atoms with Crippen molar-refractivity contribution in [1.82, 2.24) is 15.0 Å². The number of hydrogen-bond acceptors (Lipinski definition) is 5. The van der Waals surface area contributed by atoms with Crippen LogP contribution >= 0.6 is 11.6 Å². The molecule has 22 heavy (non-hydrogen) atoms. The van der Waals surface area contributed by atoms with Gasteiger partial charge in [-0.2, -0.15) is 0 Å². The number of piperidine rings is 1. The predicted molar refractivity (Wildman–Crippen MR) is 85.7 cm³/mol. The number of rotatable bonds is 2. The Labute approximate surface area is 135 Å². The van der Waals surface area contributed by atoms with Crippen LogP contribution < -0.4 is 4.74 Å². The molecule has 0 aliphatic carbocycles. The van der Waals surface area contributed by atoms with E-state index in [0.717, 1.165) is 24.3 Å². The van der Waals surface area contributed by atoms with E-state index in [1.54, 1.807) is 6.07 Å². The first-order chi connectivity index (χ1) is 10.6. The van der Waals surface area contributed by atoms with E-state index in [2.05, 4.69) is 21.1 Å². The summed E-state index contributed by atoms with van der Waals surface area (Å²) >= 11 is 5.91. The van der Waals surface area contributed by atoms with E-state index in [9.17, 15) is 5.02 Å². The highest BCUT2D eigenvalue weighted by Gasteiger charge is 2.45. The fourth-order valence-corrected chi connectivity index (χ4v) is 4.55. The Hall–Kier alpha value is -1.11. The van der Waals surface area contributed by atoms with Crippen molar-refractivity contribution in [3.8, 4) is 5.75 Å². The van der Waals surface area contributed by atoms with Gasteiger partial charge in [-0.15, -0.1) is 10.2 Å². The van der Waals surface area contributed by atoms with Gasteiger partial charge in [0.2, 0.25) is 0 Å². The van der Waals surface area contributed by atoms with E-state index in [4.69, 9.17) is 16.3 Å². The molecule has 1 unspecified atom stereocenters. The highest BCUT2D eigenvalue weighted by Crippen LogP contribution is 2.45. The van der Waals surface area contributed by atoms with Crippen LogP contribution in [0.2, 0.25) is 12.0 Å². The number of nitrogens with zero attached hydrogens (tertiary/aromatic N) is 3. The average molecular weight is 320 g/mol. The Kier molecular flexibility index (Phi) is 3.63. The van der Waals surface area contributed by atoms with Crippen LogP contribution in [0.5, 0.6) is 5.75 Å². The summed E-state index contributed by atoms with van der Waals surface area (Å²) in [5.41, 5.74) is 2.08. The van der Waals surface area contributed by atoms with Crippen LogP contribution in [0, 0.1) is 5.92 Å². The quantitative estimate of drug-likeness (QED) is 0.847. The van der Waals surface area contributed by atoms with Crippen molar-refractivity contribution in [2.75, 3.05) is 6.61 Å². The largest absolute Gasteiger partial charge is 0.487 e. The molecule has 0 saturated carbocycles. The fraction of sp³-hybridized carbons (Fsp3) is 0.600. The van der Waals surface area contributed by atoms with Crippen molar-refractivity contribution in [3.63, 3.8) is 0 Å². The summed E-state index contributed by atoms with van der Waals surface area (Å²) in [5.74, 6) is 1.20. The first-order valence-electron chi connectivity index (χ1n) is 7.95. The third-order valence-corrected chi connectivity index (χ3v) is 5.39. The maximum absolute atomic E-state index is 10.00. The molecule has 0 amide bonds. The molecule has 5 nitrogen and oxygen atoms in total. The smallest absolute Gasteiger partial charge is 0.376 e. The van der Waals surface area contributed by atoms with Crippen LogP contribution in [0.3, 0.4) is 0 Å². The average Bonchev–Trinajstić information content (AvgIpc) is 2.77. The van der Waals surface area contributed by atoms with E-state index >= 15 is 0 Å². The fourth-order valence-electron chi connectivity index (χ4n) is 4.42. The Morgan fingerprint density at radius 1 is 1.32 bits per heavy atom. The lowest BCUT2D eigenvalue weighted by Crippen LogP contribution is -2.50. The number of fused-ring (bicyclic) bond motifs is 3. The summed E-state index contributed by atoms with van der Waals surface area (Å²) in [6.45, 7) is 2.44. The van der Waals surface area contributed by atoms with Crippen molar-refractivity contribution >= 4 is 24.2 Å². The van der Waals surface area contributed by atoms with Crippen molar-refractivity contribution in [1.29, 1.82) is 0 Å². The van der Waals surface area contributed by atoms with Gasteiger partial charge in [-0.05, 0) is 50.1 Å². The zero-order valence-electron chi connectivity index (χ0n) is 12.6. The molecule has 7 heteroatoms. The lowest BCUT2D eigenvalue weighted by atomic mass is 9.74. The van der Waals surface area contributed by atoms with E-state index < -0.39 is 0 Å². The molecular formula is C15H19BClN3O2. The second-order valence-electron chi connectivity index (χ2n) is 6.48. The Balaban J connectivity index is 1.61. The van der Waals surface area contributed by atoms with Crippen LogP contribution in [0.15, 0.2) is 12.1 Å². The van der Waals surface area contributed by atoms with Crippen molar-refractivity contribution in [2.24, 2.45) is 5.92 Å². The molecule has 0 aromatic carbocycles. The summed E-state index contributed by atoms with van der Waals surface area (Å²) in [6.07, 6.45) is 6.62. The number of hydrogen-bond donors (Lipinski definition) is 1. The monoisotopic (exact) mass is 319 g/mol. The van der Waals surface area contributed by atoms with Gasteiger partial charge in [-0.25, -0.2) is 0 Å². The van der Waals surface area contributed by atoms with E-state index in [0.29, 0.717) is 29.8 Å². The third-order valence-electron chi connectivity index (χ3n) is 5.21. The number of aromatic nitrogens is 2. The maximum Gasteiger partial charge on any atom is 0.376 e. The molecule has 0 spiro atoms. The van der Waals surface area contributed by atoms with Gasteiger partial charge in [0.1, 0.15) is 12.3 Å². The molecule has 1 aromatic rings. The molecule has 0 radical (unpaired) electrons. The van der Waals surface area contributed by atoms with Gasteiger partial charge in [0.05, 0.1) is 0 Å². The second-order valence-corrected chi connectivity index (χ2v) is 6.87. The lowest BCUT2D eigenvalue weighted by molar-refractivity contribution is 0.192. The van der Waals surface area contributed by atoms with Crippen molar-refractivity contribution < 1.29 is 9.76 Å². The third kappa shape index (κ3) is 2.34. The molecule has 3 atom stereocenters. The first kappa shape index (κ1) is 14.5. The van der Waals surface area contributed by atoms with Gasteiger partial charge in [0.15, 0.2) is 10.9 Å². The zero-order chi connectivity index (χ0) is 15.3. The SMILES string of the molecule is CB(O)N1[C@@H]2CC[C@H]1CC(C1=CCOc3cc(Cl)nnc31)C2. The van der Waals surface area contributed by atoms with Crippen LogP contribution in [-0.2, 0) is 0 Å². The van der Waals surface area contributed by atoms with Gasteiger partial charge in [-0.1, -0.05) is 11.6 Å². The summed E-state index contributed by atoms with van der Waals surface area (Å²) < 4.78 is 5.64. The maximum atomic E-state index is 10.00. The van der Waals surface area contributed by atoms with Crippen molar-refractivity contribution in [2.45, 2.75) is 44.6 Å². The molecule has 2 saturated heterocycles. The van der Waals surface area contributed by atoms with Gasteiger partial charge >= 0.3 is 7.05 Å². The molecule has 1 N–H and O–H groups in total. The van der Waals surface area contributed by atoms with Crippen LogP contribution in [0.1, 0.15) is 31.4 Å². The topological polar surface area (TPSA) is 58.5 Å². The zero-order valence-corrected chi connectivity index (χ0v) is 13.3. The van der Waals surface area contributed by atoms with Gasteiger partial charge < -0.3 is 14.6 Å². The predicted octanol–water partition coefficient (Wildman–Crippen LogP) is 2.26. The van der Waals surface area contributed by atoms with E-state index in [1.165, 1.54) is 18.4 Å². The second kappa shape index (κ2) is 5.51. The molecule has 116 valence electrons. The molecule has 4 rings (SSSR count). The minimum atomic E-state index is -0.354. The van der Waals surface area contributed by atoms with Crippen molar-refractivity contribution in [3.05, 3.63) is 23.0 Å². The lowest BCUT2D eigenvalue weighted by Gasteiger charge is -2.41. The molecule has 3 aliphatic heterocycles. The number of allylic oxidation sites excluding steroid dienone is 1. The number of halogens is 1. The van der Waals surface area contributed by atoms with Crippen LogP contribution in [0.4, 0.5) is 0 Å². The molecule has 1 aromatic heterocycles. The molecular weight excluding hydrogens is 300 g/mol. The Morgan fingerprint density at radius 2 is 2.05 bits per heavy atom. The minimum Gasteiger partial charge on any atom is -0.487 e. The number of ether oxygens (including phenoxy) is 1. The summed E-state index contributed by atoms with van der Waals surface area (Å²) in [6, 6.07) is 2.68. The van der Waals surface area contributed by atoms with E-state index in [-0.39, 0.29) is 7.05 Å². The summed E-state index contributed by atoms with van der Waals surface area (Å²) in [4.78, 5) is 2.28. The standard InChI is InChI=1S/C15H19BClN3O2/c1-16(21)20-10-2-3-11(20)7-9(6-10)12-4-5-22-13-8-14(17)18-19-15(12)13/h4,8-11,21H,2-3,5-7H2,1H3/t9?,10-,11+. The normalized spacial score (nSPS) is 30.5. The first-order valence-corrected chi connectivity index (χ1v) is 8.33. The summed E-state index contributed by atoms with van der Waals surface area (Å²) in [5, 5.41) is 18.6. The van der Waals surface area contributed by atoms with Gasteiger partial charge in [-0.3, -0.25) is 0 Å². The molecule has 2 bridgehead atoms. The highest BCUT2D eigenvalue weighted by atomic mass is 35.5. The molecule has 2 fully saturated rings. The molecule has 4 heterocycles. The van der Waals surface area contributed by atoms with Crippen LogP contribution in [-0.4, -0.2) is 45.8 Å². The van der Waals surface area contributed by atoms with Crippen LogP contribution in [0.25, 0.3) is 5.57 Å². The molecule has 3 aliphatic rings. The van der Waals surface area contributed by atoms with Gasteiger partial charge in [0.25, 0.3) is 0 Å².